The lowest BCUT2D eigenvalue weighted by Gasteiger charge is -2.10. The van der Waals surface area contributed by atoms with Gasteiger partial charge in [0.2, 0.25) is 0 Å². The highest BCUT2D eigenvalue weighted by Crippen LogP contribution is 2.34. The van der Waals surface area contributed by atoms with Gasteiger partial charge in [0.15, 0.2) is 6.61 Å². The van der Waals surface area contributed by atoms with Crippen molar-refractivity contribution in [2.24, 2.45) is 5.10 Å². The summed E-state index contributed by atoms with van der Waals surface area (Å²) >= 11 is 12.7. The molecule has 0 bridgehead atoms. The van der Waals surface area contributed by atoms with E-state index < -0.39 is 10.8 Å². The molecule has 3 aromatic rings. The van der Waals surface area contributed by atoms with E-state index in [4.69, 9.17) is 16.3 Å². The molecule has 3 rings (SSSR count). The van der Waals surface area contributed by atoms with Crippen LogP contribution in [0, 0.1) is 10.1 Å². The van der Waals surface area contributed by atoms with E-state index >= 15 is 0 Å². The Morgan fingerprint density at radius 1 is 1.21 bits per heavy atom. The van der Waals surface area contributed by atoms with Gasteiger partial charge in [0.1, 0.15) is 10.8 Å². The number of carbonyl (C=O) groups is 1. The van der Waals surface area contributed by atoms with E-state index in [2.05, 4.69) is 42.4 Å². The molecule has 1 N–H and O–H groups in total. The van der Waals surface area contributed by atoms with Crippen molar-refractivity contribution in [3.05, 3.63) is 78.2 Å². The number of fused-ring (bicyclic) bond motifs is 1. The fourth-order valence-electron chi connectivity index (χ4n) is 2.46. The zero-order chi connectivity index (χ0) is 21.0. The number of carbonyl (C=O) groups excluding carboxylic acids is 1. The molecule has 148 valence electrons. The summed E-state index contributed by atoms with van der Waals surface area (Å²) in [5.41, 5.74) is 2.49. The van der Waals surface area contributed by atoms with E-state index in [1.165, 1.54) is 18.3 Å². The molecule has 0 aliphatic heterocycles. The Morgan fingerprint density at radius 2 is 2.00 bits per heavy atom. The summed E-state index contributed by atoms with van der Waals surface area (Å²) < 4.78 is 7.26. The highest BCUT2D eigenvalue weighted by molar-refractivity contribution is 9.11. The summed E-state index contributed by atoms with van der Waals surface area (Å²) in [7, 11) is 0. The SMILES string of the molecule is O=C(COc1ccc2cc(Br)ccc2c1Br)N/N=C/c1ccc(Cl)c([N+](=O)[O-])c1. The summed E-state index contributed by atoms with van der Waals surface area (Å²) in [6.07, 6.45) is 1.28. The van der Waals surface area contributed by atoms with E-state index in [1.54, 1.807) is 12.1 Å². The van der Waals surface area contributed by atoms with Gasteiger partial charge in [-0.3, -0.25) is 14.9 Å². The molecule has 0 spiro atoms. The van der Waals surface area contributed by atoms with Gasteiger partial charge in [-0.2, -0.15) is 5.10 Å². The molecule has 3 aromatic carbocycles. The maximum atomic E-state index is 12.0. The van der Waals surface area contributed by atoms with Crippen molar-refractivity contribution in [2.45, 2.75) is 0 Å². The summed E-state index contributed by atoms with van der Waals surface area (Å²) in [4.78, 5) is 22.2. The standard InChI is InChI=1S/C19H12Br2ClN3O4/c20-13-3-4-14-12(8-13)2-6-17(19(14)21)29-10-18(26)24-23-9-11-1-5-15(22)16(7-11)25(27)28/h1-9H,10H2,(H,24,26)/b23-9+. The Morgan fingerprint density at radius 3 is 2.76 bits per heavy atom. The molecular weight excluding hydrogens is 529 g/mol. The smallest absolute Gasteiger partial charge is 0.288 e. The summed E-state index contributed by atoms with van der Waals surface area (Å²) in [5.74, 6) is 0.0415. The number of nitrogens with zero attached hydrogens (tertiary/aromatic N) is 2. The Hall–Kier alpha value is -2.49. The molecule has 0 aliphatic carbocycles. The zero-order valence-corrected chi connectivity index (χ0v) is 18.5. The van der Waals surface area contributed by atoms with Crippen LogP contribution in [-0.2, 0) is 4.79 Å². The minimum Gasteiger partial charge on any atom is -0.483 e. The molecule has 1 amide bonds. The molecule has 0 radical (unpaired) electrons. The first-order valence-electron chi connectivity index (χ1n) is 8.11. The summed E-state index contributed by atoms with van der Waals surface area (Å²) in [6.45, 7) is -0.251. The third-order valence-electron chi connectivity index (χ3n) is 3.81. The average molecular weight is 542 g/mol. The van der Waals surface area contributed by atoms with Crippen molar-refractivity contribution in [3.8, 4) is 5.75 Å². The number of halogens is 3. The molecule has 29 heavy (non-hydrogen) atoms. The molecule has 0 heterocycles. The van der Waals surface area contributed by atoms with Gasteiger partial charge in [0, 0.05) is 16.1 Å². The van der Waals surface area contributed by atoms with Gasteiger partial charge in [-0.15, -0.1) is 0 Å². The van der Waals surface area contributed by atoms with Crippen molar-refractivity contribution in [1.82, 2.24) is 5.43 Å². The number of nitrogens with one attached hydrogen (secondary N) is 1. The normalized spacial score (nSPS) is 11.0. The molecule has 0 saturated heterocycles. The number of nitro groups is 1. The fourth-order valence-corrected chi connectivity index (χ4v) is 3.63. The molecule has 10 heteroatoms. The molecule has 0 aliphatic rings. The van der Waals surface area contributed by atoms with E-state index in [0.717, 1.165) is 19.7 Å². The molecule has 0 fully saturated rings. The Labute approximate surface area is 187 Å². The predicted molar refractivity (Wildman–Crippen MR) is 119 cm³/mol. The first-order chi connectivity index (χ1) is 13.8. The van der Waals surface area contributed by atoms with Gasteiger partial charge >= 0.3 is 0 Å². The maximum Gasteiger partial charge on any atom is 0.288 e. The van der Waals surface area contributed by atoms with Crippen LogP contribution in [-0.4, -0.2) is 23.7 Å². The monoisotopic (exact) mass is 539 g/mol. The number of nitro benzene ring substituents is 1. The number of amides is 1. The van der Waals surface area contributed by atoms with Crippen molar-refractivity contribution < 1.29 is 14.5 Å². The van der Waals surface area contributed by atoms with E-state index in [0.29, 0.717) is 11.3 Å². The second-order valence-corrected chi connectivity index (χ2v) is 7.91. The molecule has 7 nitrogen and oxygen atoms in total. The van der Waals surface area contributed by atoms with Crippen molar-refractivity contribution in [3.63, 3.8) is 0 Å². The lowest BCUT2D eigenvalue weighted by atomic mass is 10.1. The Bertz CT molecular complexity index is 1140. The van der Waals surface area contributed by atoms with Crippen LogP contribution < -0.4 is 10.2 Å². The minimum atomic E-state index is -0.591. The number of benzene rings is 3. The first kappa shape index (κ1) is 21.2. The van der Waals surface area contributed by atoms with E-state index in [-0.39, 0.29) is 17.3 Å². The largest absolute Gasteiger partial charge is 0.483 e. The second-order valence-electron chi connectivity index (χ2n) is 5.79. The fraction of sp³-hybridized carbons (Fsp3) is 0.0526. The minimum absolute atomic E-state index is 0.0258. The van der Waals surface area contributed by atoms with Crippen molar-refractivity contribution >= 4 is 72.0 Å². The van der Waals surface area contributed by atoms with Crippen LogP contribution in [0.1, 0.15) is 5.56 Å². The van der Waals surface area contributed by atoms with E-state index in [9.17, 15) is 14.9 Å². The second kappa shape index (κ2) is 9.34. The zero-order valence-electron chi connectivity index (χ0n) is 14.6. The third kappa shape index (κ3) is 5.31. The molecule has 0 unspecified atom stereocenters. The van der Waals surface area contributed by atoms with Crippen LogP contribution in [0.5, 0.6) is 5.75 Å². The van der Waals surface area contributed by atoms with Crippen molar-refractivity contribution in [1.29, 1.82) is 0 Å². The van der Waals surface area contributed by atoms with Gasteiger partial charge in [0.25, 0.3) is 11.6 Å². The summed E-state index contributed by atoms with van der Waals surface area (Å²) in [6, 6.07) is 13.7. The lowest BCUT2D eigenvalue weighted by Crippen LogP contribution is -2.24. The molecule has 0 saturated carbocycles. The first-order valence-corrected chi connectivity index (χ1v) is 10.1. The number of hydrogen-bond donors (Lipinski definition) is 1. The van der Waals surface area contributed by atoms with Crippen molar-refractivity contribution in [2.75, 3.05) is 6.61 Å². The van der Waals surface area contributed by atoms with Crippen LogP contribution in [0.15, 0.2) is 62.6 Å². The Balaban J connectivity index is 1.60. The van der Waals surface area contributed by atoms with Crippen LogP contribution in [0.3, 0.4) is 0 Å². The molecule has 0 aromatic heterocycles. The molecular formula is C19H12Br2ClN3O4. The van der Waals surface area contributed by atoms with Gasteiger partial charge in [-0.25, -0.2) is 5.43 Å². The van der Waals surface area contributed by atoms with E-state index in [1.807, 2.05) is 24.3 Å². The Kier molecular flexibility index (Phi) is 6.83. The average Bonchev–Trinajstić information content (AvgIpc) is 2.68. The highest BCUT2D eigenvalue weighted by atomic mass is 79.9. The maximum absolute atomic E-state index is 12.0. The van der Waals surface area contributed by atoms with Gasteiger partial charge < -0.3 is 4.74 Å². The van der Waals surface area contributed by atoms with Gasteiger partial charge in [-0.05, 0) is 51.0 Å². The number of rotatable bonds is 6. The third-order valence-corrected chi connectivity index (χ3v) is 5.44. The highest BCUT2D eigenvalue weighted by Gasteiger charge is 2.12. The number of hydrazone groups is 1. The van der Waals surface area contributed by atoms with Crippen LogP contribution in [0.25, 0.3) is 10.8 Å². The van der Waals surface area contributed by atoms with Crippen LogP contribution in [0.4, 0.5) is 5.69 Å². The quantitative estimate of drug-likeness (QED) is 0.255. The number of hydrogen-bond acceptors (Lipinski definition) is 5. The van der Waals surface area contributed by atoms with Gasteiger partial charge in [-0.1, -0.05) is 45.7 Å². The van der Waals surface area contributed by atoms with Gasteiger partial charge in [0.05, 0.1) is 15.6 Å². The topological polar surface area (TPSA) is 93.8 Å². The molecule has 0 atom stereocenters. The van der Waals surface area contributed by atoms with Crippen LogP contribution >= 0.6 is 43.5 Å². The number of ether oxygens (including phenoxy) is 1. The summed E-state index contributed by atoms with van der Waals surface area (Å²) in [5, 5.41) is 16.7. The lowest BCUT2D eigenvalue weighted by molar-refractivity contribution is -0.384. The van der Waals surface area contributed by atoms with Crippen LogP contribution in [0.2, 0.25) is 5.02 Å². The predicted octanol–water partition coefficient (Wildman–Crippen LogP) is 5.46.